The molecule has 0 saturated heterocycles. The Balaban J connectivity index is 1.51. The molecule has 0 bridgehead atoms. The van der Waals surface area contributed by atoms with E-state index in [1.807, 2.05) is 61.5 Å². The number of carboxylic acids is 1. The van der Waals surface area contributed by atoms with E-state index in [1.165, 1.54) is 0 Å². The molecular weight excluding hydrogens is 438 g/mol. The molecule has 0 atom stereocenters. The summed E-state index contributed by atoms with van der Waals surface area (Å²) in [5.74, 6) is 0.379. The van der Waals surface area contributed by atoms with Crippen LogP contribution in [0.15, 0.2) is 103 Å². The lowest BCUT2D eigenvalue weighted by atomic mass is 10.1. The van der Waals surface area contributed by atoms with Crippen LogP contribution in [0.3, 0.4) is 0 Å². The van der Waals surface area contributed by atoms with Crippen molar-refractivity contribution in [1.29, 1.82) is 0 Å². The monoisotopic (exact) mass is 465 g/mol. The van der Waals surface area contributed by atoms with Crippen molar-refractivity contribution >= 4 is 11.9 Å². The predicted molar refractivity (Wildman–Crippen MR) is 136 cm³/mol. The molecule has 0 saturated carbocycles. The molecule has 5 nitrogen and oxygen atoms in total. The molecule has 1 amide bonds. The lowest BCUT2D eigenvalue weighted by Crippen LogP contribution is -2.32. The normalized spacial score (nSPS) is 10.5. The molecule has 0 aliphatic carbocycles. The molecule has 0 spiro atoms. The Labute approximate surface area is 205 Å². The summed E-state index contributed by atoms with van der Waals surface area (Å²) < 4.78 is 5.96. The molecule has 0 aromatic heterocycles. The Bertz CT molecular complexity index is 1280. The van der Waals surface area contributed by atoms with Gasteiger partial charge < -0.3 is 14.7 Å². The van der Waals surface area contributed by atoms with Gasteiger partial charge in [0.2, 0.25) is 0 Å². The minimum Gasteiger partial charge on any atom is -0.478 e. The van der Waals surface area contributed by atoms with E-state index in [9.17, 15) is 9.59 Å². The van der Waals surface area contributed by atoms with E-state index >= 15 is 0 Å². The fourth-order valence-corrected chi connectivity index (χ4v) is 3.78. The maximum atomic E-state index is 13.5. The van der Waals surface area contributed by atoms with Crippen molar-refractivity contribution in [2.24, 2.45) is 0 Å². The smallest absolute Gasteiger partial charge is 0.335 e. The highest BCUT2D eigenvalue weighted by molar-refractivity contribution is 5.94. The van der Waals surface area contributed by atoms with Crippen molar-refractivity contribution < 1.29 is 19.4 Å². The van der Waals surface area contributed by atoms with Crippen LogP contribution >= 0.6 is 0 Å². The summed E-state index contributed by atoms with van der Waals surface area (Å²) in [5, 5.41) is 9.16. The minimum atomic E-state index is -0.971. The molecule has 4 aromatic rings. The number of nitrogens with zero attached hydrogens (tertiary/aromatic N) is 1. The van der Waals surface area contributed by atoms with E-state index in [0.717, 1.165) is 22.4 Å². The fourth-order valence-electron chi connectivity index (χ4n) is 3.78. The summed E-state index contributed by atoms with van der Waals surface area (Å²) in [6.07, 6.45) is 0.717. The van der Waals surface area contributed by atoms with Gasteiger partial charge in [-0.1, -0.05) is 60.7 Å². The van der Waals surface area contributed by atoms with Crippen LogP contribution in [-0.2, 0) is 13.0 Å². The number of amides is 1. The first-order valence-electron chi connectivity index (χ1n) is 11.5. The lowest BCUT2D eigenvalue weighted by Gasteiger charge is -2.23. The van der Waals surface area contributed by atoms with Crippen LogP contribution in [0.1, 0.15) is 37.4 Å². The number of para-hydroxylation sites is 1. The Morgan fingerprint density at radius 1 is 0.743 bits per heavy atom. The first-order valence-corrected chi connectivity index (χ1v) is 11.5. The predicted octanol–water partition coefficient (Wildman–Crippen LogP) is 6.37. The van der Waals surface area contributed by atoms with Gasteiger partial charge in [-0.15, -0.1) is 0 Å². The fraction of sp³-hybridized carbons (Fsp3) is 0.133. The topological polar surface area (TPSA) is 66.8 Å². The summed E-state index contributed by atoms with van der Waals surface area (Å²) in [7, 11) is 0. The molecule has 35 heavy (non-hydrogen) atoms. The molecule has 0 heterocycles. The van der Waals surface area contributed by atoms with Crippen LogP contribution in [0.25, 0.3) is 0 Å². The van der Waals surface area contributed by atoms with Gasteiger partial charge in [0.1, 0.15) is 11.5 Å². The molecular formula is C30H27NO4. The first kappa shape index (κ1) is 23.8. The molecule has 0 fully saturated rings. The van der Waals surface area contributed by atoms with Crippen LogP contribution in [0.4, 0.5) is 0 Å². The Kier molecular flexibility index (Phi) is 7.58. The number of carboxylic acid groups (broad SMARTS) is 1. The standard InChI is InChI=1S/C30H27NO4/c1-22-7-5-6-10-28(22)35-27-17-15-25(16-18-27)29(32)31(20-19-23-8-3-2-4-9-23)21-24-11-13-26(14-12-24)30(33)34/h2-18H,19-21H2,1H3,(H,33,34). The number of benzene rings is 4. The second kappa shape index (κ2) is 11.2. The van der Waals surface area contributed by atoms with E-state index < -0.39 is 5.97 Å². The highest BCUT2D eigenvalue weighted by Crippen LogP contribution is 2.25. The largest absolute Gasteiger partial charge is 0.478 e. The molecule has 0 aliphatic heterocycles. The van der Waals surface area contributed by atoms with Crippen molar-refractivity contribution in [2.75, 3.05) is 6.54 Å². The number of rotatable bonds is 9. The van der Waals surface area contributed by atoms with Gasteiger partial charge >= 0.3 is 5.97 Å². The molecule has 0 radical (unpaired) electrons. The van der Waals surface area contributed by atoms with E-state index in [-0.39, 0.29) is 11.5 Å². The molecule has 4 rings (SSSR count). The van der Waals surface area contributed by atoms with Crippen LogP contribution in [-0.4, -0.2) is 28.4 Å². The minimum absolute atomic E-state index is 0.0920. The Morgan fingerprint density at radius 2 is 1.37 bits per heavy atom. The average molecular weight is 466 g/mol. The number of aromatic carboxylic acids is 1. The number of ether oxygens (including phenoxy) is 1. The summed E-state index contributed by atoms with van der Waals surface area (Å²) in [6.45, 7) is 2.90. The van der Waals surface area contributed by atoms with Gasteiger partial charge in [0, 0.05) is 18.7 Å². The number of carbonyl (C=O) groups excluding carboxylic acids is 1. The zero-order valence-corrected chi connectivity index (χ0v) is 19.6. The SMILES string of the molecule is Cc1ccccc1Oc1ccc(C(=O)N(CCc2ccccc2)Cc2ccc(C(=O)O)cc2)cc1. The molecule has 0 aliphatic rings. The van der Waals surface area contributed by atoms with E-state index in [2.05, 4.69) is 0 Å². The van der Waals surface area contributed by atoms with Crippen LogP contribution < -0.4 is 4.74 Å². The first-order chi connectivity index (χ1) is 17.0. The van der Waals surface area contributed by atoms with Gasteiger partial charge in [0.05, 0.1) is 5.56 Å². The zero-order valence-electron chi connectivity index (χ0n) is 19.6. The third-order valence-electron chi connectivity index (χ3n) is 5.80. The molecule has 5 heteroatoms. The van der Waals surface area contributed by atoms with E-state index in [0.29, 0.717) is 30.8 Å². The third kappa shape index (κ3) is 6.36. The number of hydrogen-bond donors (Lipinski definition) is 1. The Hall–Kier alpha value is -4.38. The molecule has 0 unspecified atom stereocenters. The average Bonchev–Trinajstić information content (AvgIpc) is 2.89. The highest BCUT2D eigenvalue weighted by atomic mass is 16.5. The zero-order chi connectivity index (χ0) is 24.6. The van der Waals surface area contributed by atoms with Gasteiger partial charge in [-0.25, -0.2) is 4.79 Å². The lowest BCUT2D eigenvalue weighted by molar-refractivity contribution is 0.0694. The molecule has 176 valence electrons. The summed E-state index contributed by atoms with van der Waals surface area (Å²) >= 11 is 0. The van der Waals surface area contributed by atoms with Crippen LogP contribution in [0, 0.1) is 6.92 Å². The second-order valence-electron chi connectivity index (χ2n) is 8.36. The molecule has 1 N–H and O–H groups in total. The van der Waals surface area contributed by atoms with Crippen molar-refractivity contribution in [1.82, 2.24) is 4.90 Å². The number of aryl methyl sites for hydroxylation is 1. The summed E-state index contributed by atoms with van der Waals surface area (Å²) in [6, 6.07) is 31.6. The van der Waals surface area contributed by atoms with Gasteiger partial charge in [0.15, 0.2) is 0 Å². The summed E-state index contributed by atoms with van der Waals surface area (Å²) in [4.78, 5) is 26.4. The van der Waals surface area contributed by atoms with Crippen LogP contribution in [0.2, 0.25) is 0 Å². The maximum Gasteiger partial charge on any atom is 0.335 e. The second-order valence-corrected chi connectivity index (χ2v) is 8.36. The van der Waals surface area contributed by atoms with Gasteiger partial charge in [-0.2, -0.15) is 0 Å². The van der Waals surface area contributed by atoms with Crippen molar-refractivity contribution in [3.05, 3.63) is 131 Å². The summed E-state index contributed by atoms with van der Waals surface area (Å²) in [5.41, 5.74) is 3.84. The number of hydrogen-bond acceptors (Lipinski definition) is 3. The number of carbonyl (C=O) groups is 2. The van der Waals surface area contributed by atoms with Gasteiger partial charge in [0.25, 0.3) is 5.91 Å². The maximum absolute atomic E-state index is 13.5. The van der Waals surface area contributed by atoms with E-state index in [4.69, 9.17) is 9.84 Å². The molecule has 4 aromatic carbocycles. The highest BCUT2D eigenvalue weighted by Gasteiger charge is 2.17. The van der Waals surface area contributed by atoms with Crippen molar-refractivity contribution in [2.45, 2.75) is 19.9 Å². The van der Waals surface area contributed by atoms with Gasteiger partial charge in [-0.05, 0) is 72.5 Å². The van der Waals surface area contributed by atoms with Gasteiger partial charge in [-0.3, -0.25) is 4.79 Å². The van der Waals surface area contributed by atoms with E-state index in [1.54, 1.807) is 53.4 Å². The third-order valence-corrected chi connectivity index (χ3v) is 5.80. The van der Waals surface area contributed by atoms with Crippen molar-refractivity contribution in [3.8, 4) is 11.5 Å². The van der Waals surface area contributed by atoms with Crippen LogP contribution in [0.5, 0.6) is 11.5 Å². The Morgan fingerprint density at radius 3 is 2.03 bits per heavy atom. The van der Waals surface area contributed by atoms with Crippen molar-refractivity contribution in [3.63, 3.8) is 0 Å². The quantitative estimate of drug-likeness (QED) is 0.312.